The second-order valence-electron chi connectivity index (χ2n) is 3.51. The zero-order chi connectivity index (χ0) is 15.3. The summed E-state index contributed by atoms with van der Waals surface area (Å²) < 4.78 is 9.18. The molecule has 0 aliphatic carbocycles. The maximum atomic E-state index is 11.3. The SMILES string of the molecule is COC(=O)/C(C#N)=C/c1cc(OC)c(O)c([N+](=O)[O-])c1. The molecule has 1 aromatic carbocycles. The Labute approximate surface area is 113 Å². The summed E-state index contributed by atoms with van der Waals surface area (Å²) in [7, 11) is 2.32. The number of nitro groups is 1. The van der Waals surface area contributed by atoms with Crippen LogP contribution >= 0.6 is 0 Å². The van der Waals surface area contributed by atoms with Crippen molar-refractivity contribution in [3.63, 3.8) is 0 Å². The van der Waals surface area contributed by atoms with Crippen molar-refractivity contribution < 1.29 is 24.3 Å². The number of rotatable bonds is 4. The lowest BCUT2D eigenvalue weighted by molar-refractivity contribution is -0.386. The number of nitro benzene ring substituents is 1. The van der Waals surface area contributed by atoms with Gasteiger partial charge in [-0.3, -0.25) is 10.1 Å². The largest absolute Gasteiger partial charge is 0.500 e. The van der Waals surface area contributed by atoms with Gasteiger partial charge in [0.2, 0.25) is 5.75 Å². The Bertz CT molecular complexity index is 630. The van der Waals surface area contributed by atoms with Crippen LogP contribution in [0.1, 0.15) is 5.56 Å². The van der Waals surface area contributed by atoms with Gasteiger partial charge in [0.25, 0.3) is 0 Å². The van der Waals surface area contributed by atoms with Crippen LogP contribution in [0.5, 0.6) is 11.5 Å². The lowest BCUT2D eigenvalue weighted by atomic mass is 10.1. The highest BCUT2D eigenvalue weighted by Gasteiger charge is 2.20. The smallest absolute Gasteiger partial charge is 0.348 e. The molecule has 1 rings (SSSR count). The number of phenols is 1. The summed E-state index contributed by atoms with van der Waals surface area (Å²) in [5.74, 6) is -1.65. The highest BCUT2D eigenvalue weighted by molar-refractivity contribution is 5.98. The van der Waals surface area contributed by atoms with E-state index >= 15 is 0 Å². The minimum absolute atomic E-state index is 0.146. The zero-order valence-corrected chi connectivity index (χ0v) is 10.6. The average molecular weight is 278 g/mol. The fraction of sp³-hybridized carbons (Fsp3) is 0.167. The van der Waals surface area contributed by atoms with Gasteiger partial charge in [-0.15, -0.1) is 0 Å². The van der Waals surface area contributed by atoms with E-state index < -0.39 is 22.3 Å². The molecule has 0 saturated heterocycles. The fourth-order valence-electron chi connectivity index (χ4n) is 1.41. The molecular formula is C12H10N2O6. The number of aromatic hydroxyl groups is 1. The third kappa shape index (κ3) is 3.02. The van der Waals surface area contributed by atoms with Gasteiger partial charge in [-0.1, -0.05) is 0 Å². The molecular weight excluding hydrogens is 268 g/mol. The normalized spacial score (nSPS) is 10.6. The Morgan fingerprint density at radius 1 is 1.50 bits per heavy atom. The number of esters is 1. The third-order valence-corrected chi connectivity index (χ3v) is 2.33. The van der Waals surface area contributed by atoms with E-state index in [-0.39, 0.29) is 16.9 Å². The standard InChI is InChI=1S/C12H10N2O6/c1-19-10-5-7(3-8(6-13)12(16)20-2)4-9(11(10)15)14(17)18/h3-5,15H,1-2H3/b8-3+. The monoisotopic (exact) mass is 278 g/mol. The zero-order valence-electron chi connectivity index (χ0n) is 10.6. The topological polar surface area (TPSA) is 123 Å². The molecule has 0 aromatic heterocycles. The quantitative estimate of drug-likeness (QED) is 0.290. The summed E-state index contributed by atoms with van der Waals surface area (Å²) in [5.41, 5.74) is -0.791. The van der Waals surface area contributed by atoms with Crippen molar-refractivity contribution in [3.8, 4) is 17.6 Å². The summed E-state index contributed by atoms with van der Waals surface area (Å²) in [5, 5.41) is 29.2. The number of carbonyl (C=O) groups is 1. The van der Waals surface area contributed by atoms with E-state index in [1.165, 1.54) is 13.2 Å². The second kappa shape index (κ2) is 6.19. The van der Waals surface area contributed by atoms with Crippen LogP contribution in [0, 0.1) is 21.4 Å². The van der Waals surface area contributed by atoms with E-state index in [0.29, 0.717) is 0 Å². The molecule has 0 fully saturated rings. The first-order chi connectivity index (χ1) is 9.44. The molecule has 0 heterocycles. The summed E-state index contributed by atoms with van der Waals surface area (Å²) in [4.78, 5) is 21.3. The maximum Gasteiger partial charge on any atom is 0.348 e. The molecule has 8 nitrogen and oxygen atoms in total. The summed E-state index contributed by atoms with van der Waals surface area (Å²) in [6, 6.07) is 3.88. The van der Waals surface area contributed by atoms with Gasteiger partial charge in [-0.05, 0) is 17.7 Å². The van der Waals surface area contributed by atoms with Gasteiger partial charge < -0.3 is 14.6 Å². The summed E-state index contributed by atoms with van der Waals surface area (Å²) >= 11 is 0. The van der Waals surface area contributed by atoms with Gasteiger partial charge in [0, 0.05) is 6.07 Å². The first kappa shape index (κ1) is 15.0. The van der Waals surface area contributed by atoms with Crippen molar-refractivity contribution in [1.82, 2.24) is 0 Å². The molecule has 0 atom stereocenters. The fourth-order valence-corrected chi connectivity index (χ4v) is 1.41. The number of hydrogen-bond acceptors (Lipinski definition) is 7. The molecule has 0 aliphatic heterocycles. The van der Waals surface area contributed by atoms with Crippen LogP contribution in [0.2, 0.25) is 0 Å². The average Bonchev–Trinajstić information content (AvgIpc) is 2.44. The molecule has 0 bridgehead atoms. The molecule has 104 valence electrons. The lowest BCUT2D eigenvalue weighted by Crippen LogP contribution is -2.02. The molecule has 0 saturated carbocycles. The van der Waals surface area contributed by atoms with Crippen LogP contribution in [0.15, 0.2) is 17.7 Å². The van der Waals surface area contributed by atoms with Crippen LogP contribution < -0.4 is 4.74 Å². The Hall–Kier alpha value is -3.08. The molecule has 0 unspecified atom stereocenters. The molecule has 0 spiro atoms. The van der Waals surface area contributed by atoms with E-state index in [2.05, 4.69) is 4.74 Å². The van der Waals surface area contributed by atoms with Crippen LogP contribution in [0.25, 0.3) is 6.08 Å². The first-order valence-electron chi connectivity index (χ1n) is 5.20. The van der Waals surface area contributed by atoms with Crippen molar-refractivity contribution in [2.75, 3.05) is 14.2 Å². The number of benzene rings is 1. The Morgan fingerprint density at radius 3 is 2.60 bits per heavy atom. The minimum Gasteiger partial charge on any atom is -0.500 e. The summed E-state index contributed by atoms with van der Waals surface area (Å²) in [6.45, 7) is 0. The van der Waals surface area contributed by atoms with E-state index in [1.54, 1.807) is 6.07 Å². The Morgan fingerprint density at radius 2 is 2.15 bits per heavy atom. The highest BCUT2D eigenvalue weighted by Crippen LogP contribution is 2.37. The Balaban J connectivity index is 3.43. The number of nitrogens with zero attached hydrogens (tertiary/aromatic N) is 2. The van der Waals surface area contributed by atoms with Gasteiger partial charge in [-0.25, -0.2) is 4.79 Å². The number of methoxy groups -OCH3 is 2. The van der Waals surface area contributed by atoms with Gasteiger partial charge in [0.05, 0.1) is 19.1 Å². The van der Waals surface area contributed by atoms with Gasteiger partial charge in [0.1, 0.15) is 11.6 Å². The molecule has 0 amide bonds. The minimum atomic E-state index is -0.873. The summed E-state index contributed by atoms with van der Waals surface area (Å²) in [6.07, 6.45) is 1.10. The predicted octanol–water partition coefficient (Wildman–Crippen LogP) is 1.39. The molecule has 8 heteroatoms. The number of hydrogen-bond donors (Lipinski definition) is 1. The van der Waals surface area contributed by atoms with Gasteiger partial charge in [0.15, 0.2) is 5.75 Å². The lowest BCUT2D eigenvalue weighted by Gasteiger charge is -2.05. The van der Waals surface area contributed by atoms with Crippen molar-refractivity contribution in [2.24, 2.45) is 0 Å². The van der Waals surface area contributed by atoms with E-state index in [9.17, 15) is 20.0 Å². The number of nitriles is 1. The van der Waals surface area contributed by atoms with Crippen molar-refractivity contribution in [3.05, 3.63) is 33.4 Å². The van der Waals surface area contributed by atoms with Crippen molar-refractivity contribution in [1.29, 1.82) is 5.26 Å². The van der Waals surface area contributed by atoms with E-state index in [0.717, 1.165) is 19.3 Å². The van der Waals surface area contributed by atoms with Crippen LogP contribution in [0.4, 0.5) is 5.69 Å². The molecule has 0 aliphatic rings. The number of phenolic OH excluding ortho intramolecular Hbond substituents is 1. The maximum absolute atomic E-state index is 11.3. The number of ether oxygens (including phenoxy) is 2. The van der Waals surface area contributed by atoms with Crippen LogP contribution in [-0.4, -0.2) is 30.2 Å². The Kier molecular flexibility index (Phi) is 4.64. The number of carbonyl (C=O) groups excluding carboxylic acids is 1. The second-order valence-corrected chi connectivity index (χ2v) is 3.51. The molecule has 1 N–H and O–H groups in total. The molecule has 20 heavy (non-hydrogen) atoms. The van der Waals surface area contributed by atoms with Gasteiger partial charge in [-0.2, -0.15) is 5.26 Å². The van der Waals surface area contributed by atoms with Gasteiger partial charge >= 0.3 is 11.7 Å². The third-order valence-electron chi connectivity index (χ3n) is 2.33. The highest BCUT2D eigenvalue weighted by atomic mass is 16.6. The first-order valence-corrected chi connectivity index (χ1v) is 5.20. The van der Waals surface area contributed by atoms with Crippen LogP contribution in [0.3, 0.4) is 0 Å². The van der Waals surface area contributed by atoms with Crippen molar-refractivity contribution >= 4 is 17.7 Å². The van der Waals surface area contributed by atoms with Crippen molar-refractivity contribution in [2.45, 2.75) is 0 Å². The van der Waals surface area contributed by atoms with E-state index in [4.69, 9.17) is 10.00 Å². The molecule has 1 aromatic rings. The van der Waals surface area contributed by atoms with E-state index in [1.807, 2.05) is 0 Å². The predicted molar refractivity (Wildman–Crippen MR) is 66.9 cm³/mol. The van der Waals surface area contributed by atoms with Crippen LogP contribution in [-0.2, 0) is 9.53 Å². The molecule has 0 radical (unpaired) electrons.